The van der Waals surface area contributed by atoms with Crippen LogP contribution in [-0.2, 0) is 0 Å². The molecule has 0 bridgehead atoms. The number of hydrogen-bond acceptors (Lipinski definition) is 4. The highest BCUT2D eigenvalue weighted by Crippen LogP contribution is 2.24. The van der Waals surface area contributed by atoms with Crippen LogP contribution in [-0.4, -0.2) is 18.0 Å². The average molecular weight is 271 g/mol. The number of nitrogens with one attached hydrogen (secondary N) is 1. The molecule has 2 rings (SSSR count). The van der Waals surface area contributed by atoms with Crippen molar-refractivity contribution in [2.75, 3.05) is 12.8 Å². The number of benzene rings is 1. The molecule has 0 fully saturated rings. The summed E-state index contributed by atoms with van der Waals surface area (Å²) in [5.41, 5.74) is 7.23. The highest BCUT2D eigenvalue weighted by atomic mass is 16.5. The molecular weight excluding hydrogens is 254 g/mol. The molecule has 1 atom stereocenters. The number of ether oxygens (including phenoxy) is 1. The van der Waals surface area contributed by atoms with Gasteiger partial charge in [-0.25, -0.2) is 4.98 Å². The van der Waals surface area contributed by atoms with E-state index in [2.05, 4.69) is 10.3 Å². The molecule has 1 heterocycles. The molecule has 0 unspecified atom stereocenters. The third-order valence-corrected chi connectivity index (χ3v) is 3.01. The Kier molecular flexibility index (Phi) is 4.20. The first-order chi connectivity index (χ1) is 9.63. The van der Waals surface area contributed by atoms with Crippen molar-refractivity contribution in [3.8, 4) is 5.75 Å². The Labute approximate surface area is 117 Å². The monoisotopic (exact) mass is 271 g/mol. The lowest BCUT2D eigenvalue weighted by atomic mass is 10.1. The fourth-order valence-corrected chi connectivity index (χ4v) is 1.97. The van der Waals surface area contributed by atoms with Crippen molar-refractivity contribution in [2.24, 2.45) is 0 Å². The predicted octanol–water partition coefficient (Wildman–Crippen LogP) is 2.16. The van der Waals surface area contributed by atoms with Crippen LogP contribution in [0.3, 0.4) is 0 Å². The molecule has 104 valence electrons. The van der Waals surface area contributed by atoms with E-state index >= 15 is 0 Å². The maximum Gasteiger partial charge on any atom is 0.272 e. The number of nitrogen functional groups attached to an aromatic ring is 1. The maximum atomic E-state index is 12.2. The molecule has 0 aliphatic rings. The third kappa shape index (κ3) is 2.88. The molecule has 0 radical (unpaired) electrons. The van der Waals surface area contributed by atoms with E-state index in [1.807, 2.05) is 31.2 Å². The average Bonchev–Trinajstić information content (AvgIpc) is 2.47. The lowest BCUT2D eigenvalue weighted by Crippen LogP contribution is -2.28. The summed E-state index contributed by atoms with van der Waals surface area (Å²) in [5, 5.41) is 2.87. The molecule has 0 saturated heterocycles. The van der Waals surface area contributed by atoms with Crippen molar-refractivity contribution in [3.63, 3.8) is 0 Å². The Bertz CT molecular complexity index is 614. The van der Waals surface area contributed by atoms with Crippen molar-refractivity contribution < 1.29 is 9.53 Å². The fraction of sp³-hybridized carbons (Fsp3) is 0.200. The largest absolute Gasteiger partial charge is 0.496 e. The van der Waals surface area contributed by atoms with Gasteiger partial charge in [0.25, 0.3) is 5.91 Å². The molecule has 2 aromatic rings. The summed E-state index contributed by atoms with van der Waals surface area (Å²) in [7, 11) is 1.60. The maximum absolute atomic E-state index is 12.2. The van der Waals surface area contributed by atoms with Crippen molar-refractivity contribution in [2.45, 2.75) is 13.0 Å². The molecule has 3 N–H and O–H groups in total. The Hall–Kier alpha value is -2.56. The van der Waals surface area contributed by atoms with Gasteiger partial charge in [0.2, 0.25) is 0 Å². The number of carbonyl (C=O) groups is 1. The van der Waals surface area contributed by atoms with E-state index < -0.39 is 0 Å². The van der Waals surface area contributed by atoms with Crippen LogP contribution < -0.4 is 15.8 Å². The minimum absolute atomic E-state index is 0.208. The fourth-order valence-electron chi connectivity index (χ4n) is 1.97. The minimum Gasteiger partial charge on any atom is -0.496 e. The van der Waals surface area contributed by atoms with Gasteiger partial charge in [-0.3, -0.25) is 4.79 Å². The van der Waals surface area contributed by atoms with Gasteiger partial charge in [-0.2, -0.15) is 0 Å². The number of rotatable bonds is 4. The van der Waals surface area contributed by atoms with Gasteiger partial charge >= 0.3 is 0 Å². The molecule has 1 aromatic heterocycles. The molecular formula is C15H17N3O2. The predicted molar refractivity (Wildman–Crippen MR) is 77.5 cm³/mol. The molecule has 20 heavy (non-hydrogen) atoms. The zero-order valence-electron chi connectivity index (χ0n) is 11.5. The van der Waals surface area contributed by atoms with Gasteiger partial charge in [0.05, 0.1) is 18.8 Å². The number of nitrogens with two attached hydrogens (primary N) is 1. The van der Waals surface area contributed by atoms with E-state index in [0.29, 0.717) is 5.69 Å². The highest BCUT2D eigenvalue weighted by molar-refractivity contribution is 5.97. The lowest BCUT2D eigenvalue weighted by Gasteiger charge is -2.17. The lowest BCUT2D eigenvalue weighted by molar-refractivity contribution is 0.0935. The summed E-state index contributed by atoms with van der Waals surface area (Å²) in [6.07, 6.45) is 1.54. The van der Waals surface area contributed by atoms with Crippen LogP contribution in [0, 0.1) is 0 Å². The van der Waals surface area contributed by atoms with Gasteiger partial charge in [0, 0.05) is 11.8 Å². The zero-order valence-corrected chi connectivity index (χ0v) is 11.5. The molecule has 5 heteroatoms. The molecule has 0 aliphatic carbocycles. The summed E-state index contributed by atoms with van der Waals surface area (Å²) in [6, 6.07) is 10.7. The molecule has 0 aliphatic heterocycles. The smallest absolute Gasteiger partial charge is 0.272 e. The Morgan fingerprint density at radius 1 is 1.30 bits per heavy atom. The van der Waals surface area contributed by atoms with E-state index in [0.717, 1.165) is 11.3 Å². The molecule has 5 nitrogen and oxygen atoms in total. The van der Waals surface area contributed by atoms with Crippen LogP contribution in [0.5, 0.6) is 5.75 Å². The van der Waals surface area contributed by atoms with E-state index in [4.69, 9.17) is 10.5 Å². The van der Waals surface area contributed by atoms with Gasteiger partial charge in [0.15, 0.2) is 5.69 Å². The van der Waals surface area contributed by atoms with E-state index in [1.165, 1.54) is 0 Å². The van der Waals surface area contributed by atoms with Crippen LogP contribution in [0.15, 0.2) is 42.6 Å². The Balaban J connectivity index is 2.18. The standard InChI is InChI=1S/C15H17N3O2/c1-10(11-6-3-4-8-13(11)20-2)18-15(19)14-12(16)7-5-9-17-14/h3-10H,16H2,1-2H3,(H,18,19)/t10-/m1/s1. The molecule has 1 amide bonds. The van der Waals surface area contributed by atoms with Crippen LogP contribution in [0.4, 0.5) is 5.69 Å². The number of para-hydroxylation sites is 1. The van der Waals surface area contributed by atoms with E-state index in [1.54, 1.807) is 25.4 Å². The van der Waals surface area contributed by atoms with E-state index in [9.17, 15) is 4.79 Å². The highest BCUT2D eigenvalue weighted by Gasteiger charge is 2.16. The van der Waals surface area contributed by atoms with E-state index in [-0.39, 0.29) is 17.6 Å². The number of aromatic nitrogens is 1. The van der Waals surface area contributed by atoms with Crippen LogP contribution in [0.25, 0.3) is 0 Å². The second-order valence-corrected chi connectivity index (χ2v) is 4.38. The summed E-state index contributed by atoms with van der Waals surface area (Å²) in [6.45, 7) is 1.88. The first kappa shape index (κ1) is 13.9. The van der Waals surface area contributed by atoms with Gasteiger partial charge in [0.1, 0.15) is 5.75 Å². The molecule has 1 aromatic carbocycles. The van der Waals surface area contributed by atoms with Gasteiger partial charge < -0.3 is 15.8 Å². The van der Waals surface area contributed by atoms with Gasteiger partial charge in [-0.1, -0.05) is 18.2 Å². The minimum atomic E-state index is -0.304. The van der Waals surface area contributed by atoms with Gasteiger partial charge in [-0.05, 0) is 25.1 Å². The number of hydrogen-bond donors (Lipinski definition) is 2. The summed E-state index contributed by atoms with van der Waals surface area (Å²) in [5.74, 6) is 0.427. The number of anilines is 1. The number of methoxy groups -OCH3 is 1. The van der Waals surface area contributed by atoms with Crippen LogP contribution >= 0.6 is 0 Å². The number of amides is 1. The van der Waals surface area contributed by atoms with Crippen LogP contribution in [0.1, 0.15) is 29.0 Å². The number of nitrogens with zero attached hydrogens (tertiary/aromatic N) is 1. The summed E-state index contributed by atoms with van der Waals surface area (Å²) < 4.78 is 5.29. The summed E-state index contributed by atoms with van der Waals surface area (Å²) in [4.78, 5) is 16.2. The number of carbonyl (C=O) groups excluding carboxylic acids is 1. The third-order valence-electron chi connectivity index (χ3n) is 3.01. The van der Waals surface area contributed by atoms with Crippen molar-refractivity contribution >= 4 is 11.6 Å². The summed E-state index contributed by atoms with van der Waals surface area (Å²) >= 11 is 0. The van der Waals surface area contributed by atoms with Gasteiger partial charge in [-0.15, -0.1) is 0 Å². The Morgan fingerprint density at radius 2 is 2.05 bits per heavy atom. The second-order valence-electron chi connectivity index (χ2n) is 4.38. The molecule has 0 spiro atoms. The number of pyridine rings is 1. The SMILES string of the molecule is COc1ccccc1[C@@H](C)NC(=O)c1ncccc1N. The van der Waals surface area contributed by atoms with Crippen LogP contribution in [0.2, 0.25) is 0 Å². The Morgan fingerprint density at radius 3 is 2.75 bits per heavy atom. The van der Waals surface area contributed by atoms with Crippen molar-refractivity contribution in [1.82, 2.24) is 10.3 Å². The molecule has 0 saturated carbocycles. The van der Waals surface area contributed by atoms with Crippen molar-refractivity contribution in [3.05, 3.63) is 53.9 Å². The first-order valence-electron chi connectivity index (χ1n) is 6.27. The first-order valence-corrected chi connectivity index (χ1v) is 6.27. The zero-order chi connectivity index (χ0) is 14.5. The quantitative estimate of drug-likeness (QED) is 0.893. The topological polar surface area (TPSA) is 77.2 Å². The second kappa shape index (κ2) is 6.06. The normalized spacial score (nSPS) is 11.7. The van der Waals surface area contributed by atoms with Crippen molar-refractivity contribution in [1.29, 1.82) is 0 Å².